The number of hydrogen-bond acceptors (Lipinski definition) is 2. The van der Waals surface area contributed by atoms with Gasteiger partial charge in [0.25, 0.3) is 0 Å². The van der Waals surface area contributed by atoms with Crippen LogP contribution in [0, 0.1) is 6.57 Å². The molecular formula is C22H32N4O. The molecule has 1 heterocycles. The molecule has 2 fully saturated rings. The summed E-state index contributed by atoms with van der Waals surface area (Å²) in [5.41, 5.74) is 0.727. The fraction of sp³-hybridized carbons (Fsp3) is 0.636. The van der Waals surface area contributed by atoms with Crippen molar-refractivity contribution in [2.75, 3.05) is 26.7 Å². The van der Waals surface area contributed by atoms with Crippen molar-refractivity contribution < 1.29 is 4.79 Å². The summed E-state index contributed by atoms with van der Waals surface area (Å²) < 4.78 is 0. The van der Waals surface area contributed by atoms with Crippen LogP contribution in [0.15, 0.2) is 30.3 Å². The molecule has 1 saturated carbocycles. The normalized spacial score (nSPS) is 28.4. The van der Waals surface area contributed by atoms with Crippen LogP contribution < -0.4 is 5.32 Å². The minimum absolute atomic E-state index is 0.0113. The van der Waals surface area contributed by atoms with Gasteiger partial charge in [0, 0.05) is 25.9 Å². The average Bonchev–Trinajstić information content (AvgIpc) is 2.97. The van der Waals surface area contributed by atoms with Gasteiger partial charge in [0.15, 0.2) is 0 Å². The molecule has 5 heteroatoms. The van der Waals surface area contributed by atoms with Crippen molar-refractivity contribution in [3.63, 3.8) is 0 Å². The van der Waals surface area contributed by atoms with Crippen LogP contribution in [0.4, 0.5) is 4.79 Å². The van der Waals surface area contributed by atoms with E-state index in [-0.39, 0.29) is 17.1 Å². The Balaban J connectivity index is 1.77. The lowest BCUT2D eigenvalue weighted by molar-refractivity contribution is 0.0460. The molecule has 1 saturated heterocycles. The number of hydrogen-bond donors (Lipinski definition) is 1. The number of amides is 2. The quantitative estimate of drug-likeness (QED) is 0.802. The summed E-state index contributed by atoms with van der Waals surface area (Å²) in [6, 6.07) is 10.8. The van der Waals surface area contributed by atoms with Crippen molar-refractivity contribution in [2.24, 2.45) is 0 Å². The average molecular weight is 369 g/mol. The van der Waals surface area contributed by atoms with Crippen molar-refractivity contribution in [2.45, 2.75) is 63.1 Å². The Labute approximate surface area is 163 Å². The Bertz CT molecular complexity index is 714. The van der Waals surface area contributed by atoms with E-state index in [1.54, 1.807) is 0 Å². The van der Waals surface area contributed by atoms with Gasteiger partial charge in [-0.05, 0) is 44.8 Å². The van der Waals surface area contributed by atoms with Crippen molar-refractivity contribution in [1.82, 2.24) is 15.1 Å². The summed E-state index contributed by atoms with van der Waals surface area (Å²) >= 11 is 0. The number of carbonyl (C=O) groups excluding carboxylic acids is 1. The first-order chi connectivity index (χ1) is 12.8. The standard InChI is InChI=1S/C22H32N4O/c1-6-25(5)22(18-10-8-7-9-11-18)14-12-21(13-15-22)17-26(19(27)24-21)16-20(2,3)23-4/h7-11H,6,12-17H2,1-3,5H3,(H,24,27). The minimum Gasteiger partial charge on any atom is -0.331 e. The number of carbonyl (C=O) groups is 1. The van der Waals surface area contributed by atoms with Crippen LogP contribution in [-0.4, -0.2) is 53.6 Å². The summed E-state index contributed by atoms with van der Waals surface area (Å²) in [5.74, 6) is 0. The molecule has 1 aliphatic carbocycles. The summed E-state index contributed by atoms with van der Waals surface area (Å²) in [7, 11) is 2.21. The highest BCUT2D eigenvalue weighted by Crippen LogP contribution is 2.46. The second kappa shape index (κ2) is 7.16. The number of rotatable bonds is 5. The van der Waals surface area contributed by atoms with Gasteiger partial charge in [-0.2, -0.15) is 0 Å². The second-order valence-corrected chi connectivity index (χ2v) is 8.90. The number of benzene rings is 1. The second-order valence-electron chi connectivity index (χ2n) is 8.90. The van der Waals surface area contributed by atoms with E-state index in [0.29, 0.717) is 13.1 Å². The number of nitrogens with zero attached hydrogens (tertiary/aromatic N) is 3. The molecule has 0 bridgehead atoms. The van der Waals surface area contributed by atoms with Crippen LogP contribution in [0.2, 0.25) is 0 Å². The highest BCUT2D eigenvalue weighted by Gasteiger charge is 2.51. The van der Waals surface area contributed by atoms with Gasteiger partial charge < -0.3 is 15.1 Å². The molecular weight excluding hydrogens is 336 g/mol. The van der Waals surface area contributed by atoms with Crippen LogP contribution in [0.25, 0.3) is 4.85 Å². The van der Waals surface area contributed by atoms with Crippen LogP contribution in [-0.2, 0) is 5.54 Å². The Hall–Kier alpha value is -2.06. The van der Waals surface area contributed by atoms with Crippen LogP contribution in [0.1, 0.15) is 52.0 Å². The molecule has 27 heavy (non-hydrogen) atoms. The molecule has 0 aromatic heterocycles. The monoisotopic (exact) mass is 368 g/mol. The van der Waals surface area contributed by atoms with Crippen LogP contribution in [0.5, 0.6) is 0 Å². The van der Waals surface area contributed by atoms with Crippen molar-refractivity contribution in [1.29, 1.82) is 0 Å². The fourth-order valence-corrected chi connectivity index (χ4v) is 4.78. The van der Waals surface area contributed by atoms with Gasteiger partial charge >= 0.3 is 6.03 Å². The molecule has 0 unspecified atom stereocenters. The zero-order valence-electron chi connectivity index (χ0n) is 17.1. The van der Waals surface area contributed by atoms with E-state index in [0.717, 1.165) is 32.2 Å². The Morgan fingerprint density at radius 3 is 2.41 bits per heavy atom. The predicted octanol–water partition coefficient (Wildman–Crippen LogP) is 3.87. The highest BCUT2D eigenvalue weighted by molar-refractivity contribution is 5.78. The maximum Gasteiger partial charge on any atom is 0.318 e. The van der Waals surface area contributed by atoms with E-state index in [1.807, 2.05) is 18.7 Å². The van der Waals surface area contributed by atoms with E-state index < -0.39 is 5.54 Å². The molecule has 2 aliphatic rings. The maximum atomic E-state index is 12.6. The SMILES string of the molecule is [C-]#[N+]C(C)(C)CN1CC2(CCC(c3ccccc3)(N(C)CC)CC2)NC1=O. The maximum absolute atomic E-state index is 12.6. The van der Waals surface area contributed by atoms with Crippen molar-refractivity contribution >= 4 is 6.03 Å². The first-order valence-electron chi connectivity index (χ1n) is 9.98. The van der Waals surface area contributed by atoms with Gasteiger partial charge in [0.1, 0.15) is 0 Å². The van der Waals surface area contributed by atoms with Gasteiger partial charge in [-0.1, -0.05) is 37.3 Å². The molecule has 3 rings (SSSR count). The van der Waals surface area contributed by atoms with E-state index in [9.17, 15) is 4.79 Å². The van der Waals surface area contributed by atoms with E-state index in [4.69, 9.17) is 6.57 Å². The summed E-state index contributed by atoms with van der Waals surface area (Å²) in [5, 5.41) is 3.28. The molecule has 1 spiro atoms. The Kier molecular flexibility index (Phi) is 5.22. The molecule has 2 amide bonds. The summed E-state index contributed by atoms with van der Waals surface area (Å²) in [4.78, 5) is 20.5. The summed E-state index contributed by atoms with van der Waals surface area (Å²) in [6.45, 7) is 15.6. The predicted molar refractivity (Wildman–Crippen MR) is 108 cm³/mol. The molecule has 146 valence electrons. The van der Waals surface area contributed by atoms with Crippen LogP contribution >= 0.6 is 0 Å². The fourth-order valence-electron chi connectivity index (χ4n) is 4.78. The first-order valence-corrected chi connectivity index (χ1v) is 9.98. The zero-order chi connectivity index (χ0) is 19.7. The molecule has 1 aliphatic heterocycles. The van der Waals surface area contributed by atoms with Gasteiger partial charge in [0.05, 0.1) is 12.1 Å². The largest absolute Gasteiger partial charge is 0.331 e. The Morgan fingerprint density at radius 1 is 1.22 bits per heavy atom. The first kappa shape index (κ1) is 19.7. The third-order valence-electron chi connectivity index (χ3n) is 6.58. The lowest BCUT2D eigenvalue weighted by atomic mass is 9.68. The number of nitrogens with one attached hydrogen (secondary N) is 1. The smallest absolute Gasteiger partial charge is 0.318 e. The van der Waals surface area contributed by atoms with E-state index >= 15 is 0 Å². The highest BCUT2D eigenvalue weighted by atomic mass is 16.2. The zero-order valence-corrected chi connectivity index (χ0v) is 17.1. The Morgan fingerprint density at radius 2 is 1.85 bits per heavy atom. The molecule has 1 aromatic carbocycles. The van der Waals surface area contributed by atoms with Gasteiger partial charge in [-0.25, -0.2) is 11.4 Å². The molecule has 5 nitrogen and oxygen atoms in total. The molecule has 0 radical (unpaired) electrons. The molecule has 1 aromatic rings. The third-order valence-corrected chi connectivity index (χ3v) is 6.58. The number of urea groups is 1. The summed E-state index contributed by atoms with van der Waals surface area (Å²) in [6.07, 6.45) is 3.99. The van der Waals surface area contributed by atoms with Crippen molar-refractivity contribution in [3.8, 4) is 0 Å². The lowest BCUT2D eigenvalue weighted by Crippen LogP contribution is -2.54. The van der Waals surface area contributed by atoms with Gasteiger partial charge in [0.2, 0.25) is 5.54 Å². The topological polar surface area (TPSA) is 39.9 Å². The van der Waals surface area contributed by atoms with E-state index in [1.165, 1.54) is 5.56 Å². The van der Waals surface area contributed by atoms with E-state index in [2.05, 4.69) is 59.4 Å². The lowest BCUT2D eigenvalue weighted by Gasteiger charge is -2.49. The van der Waals surface area contributed by atoms with Gasteiger partial charge in [-0.15, -0.1) is 0 Å². The molecule has 1 N–H and O–H groups in total. The minimum atomic E-state index is -0.534. The van der Waals surface area contributed by atoms with Crippen molar-refractivity contribution in [3.05, 3.63) is 47.3 Å². The third kappa shape index (κ3) is 3.68. The van der Waals surface area contributed by atoms with Gasteiger partial charge in [-0.3, -0.25) is 4.90 Å². The molecule has 0 atom stereocenters. The van der Waals surface area contributed by atoms with Crippen LogP contribution in [0.3, 0.4) is 0 Å².